The van der Waals surface area contributed by atoms with E-state index in [0.29, 0.717) is 5.56 Å². The quantitative estimate of drug-likeness (QED) is 0.631. The average Bonchev–Trinajstić information content (AvgIpc) is 2.67. The van der Waals surface area contributed by atoms with Gasteiger partial charge in [0.05, 0.1) is 5.56 Å². The van der Waals surface area contributed by atoms with E-state index in [4.69, 9.17) is 4.74 Å². The van der Waals surface area contributed by atoms with Crippen LogP contribution < -0.4 is 10.6 Å². The lowest BCUT2D eigenvalue weighted by atomic mass is 9.98. The molecule has 2 aromatic rings. The largest absolute Gasteiger partial charge is 0.449 e. The molecular weight excluding hydrogens is 336 g/mol. The summed E-state index contributed by atoms with van der Waals surface area (Å²) in [5.41, 5.74) is 0.640. The van der Waals surface area contributed by atoms with Crippen LogP contribution in [0.15, 0.2) is 54.6 Å². The van der Waals surface area contributed by atoms with E-state index in [1.165, 1.54) is 26.1 Å². The third kappa shape index (κ3) is 4.54. The number of urea groups is 1. The van der Waals surface area contributed by atoms with Crippen LogP contribution in [0.5, 0.6) is 0 Å². The van der Waals surface area contributed by atoms with Gasteiger partial charge in [0.25, 0.3) is 5.91 Å². The van der Waals surface area contributed by atoms with Crippen molar-refractivity contribution < 1.29 is 23.9 Å². The van der Waals surface area contributed by atoms with E-state index in [2.05, 4.69) is 5.32 Å². The van der Waals surface area contributed by atoms with Crippen molar-refractivity contribution in [1.82, 2.24) is 10.6 Å². The van der Waals surface area contributed by atoms with Gasteiger partial charge in [0.2, 0.25) is 0 Å². The van der Waals surface area contributed by atoms with E-state index in [-0.39, 0.29) is 16.9 Å². The molecule has 2 rings (SSSR count). The van der Waals surface area contributed by atoms with Crippen LogP contribution >= 0.6 is 0 Å². The predicted molar refractivity (Wildman–Crippen MR) is 93.8 cm³/mol. The summed E-state index contributed by atoms with van der Waals surface area (Å²) in [5.74, 6) is -1.94. The number of carbonyl (C=O) groups excluding carboxylic acids is 4. The molecule has 2 aromatic carbocycles. The summed E-state index contributed by atoms with van der Waals surface area (Å²) in [4.78, 5) is 48.0. The third-order valence-electron chi connectivity index (χ3n) is 3.54. The Hall–Kier alpha value is -3.48. The highest BCUT2D eigenvalue weighted by molar-refractivity contribution is 6.14. The molecule has 0 saturated carbocycles. The van der Waals surface area contributed by atoms with E-state index >= 15 is 0 Å². The molecule has 134 valence electrons. The first kappa shape index (κ1) is 18.9. The van der Waals surface area contributed by atoms with Gasteiger partial charge in [-0.3, -0.25) is 14.9 Å². The van der Waals surface area contributed by atoms with Gasteiger partial charge in [-0.25, -0.2) is 9.59 Å². The van der Waals surface area contributed by atoms with Gasteiger partial charge in [-0.2, -0.15) is 0 Å². The van der Waals surface area contributed by atoms with Crippen molar-refractivity contribution in [3.05, 3.63) is 71.3 Å². The second-order valence-electron chi connectivity index (χ2n) is 5.36. The molecular formula is C19H18N2O5. The monoisotopic (exact) mass is 354 g/mol. The molecule has 0 aromatic heterocycles. The Morgan fingerprint density at radius 1 is 0.885 bits per heavy atom. The Morgan fingerprint density at radius 2 is 1.46 bits per heavy atom. The number of ether oxygens (including phenoxy) is 1. The smallest absolute Gasteiger partial charge is 0.339 e. The first-order valence-corrected chi connectivity index (χ1v) is 7.86. The molecule has 7 nitrogen and oxygen atoms in total. The Kier molecular flexibility index (Phi) is 6.21. The van der Waals surface area contributed by atoms with Gasteiger partial charge in [-0.1, -0.05) is 48.5 Å². The summed E-state index contributed by atoms with van der Waals surface area (Å²) in [6, 6.07) is 14.0. The maximum atomic E-state index is 12.6. The molecule has 0 bridgehead atoms. The summed E-state index contributed by atoms with van der Waals surface area (Å²) in [5, 5.41) is 4.24. The average molecular weight is 354 g/mol. The summed E-state index contributed by atoms with van der Waals surface area (Å²) in [6.45, 7) is 1.33. The van der Waals surface area contributed by atoms with Crippen LogP contribution in [0.3, 0.4) is 0 Å². The minimum Gasteiger partial charge on any atom is -0.449 e. The molecule has 3 amide bonds. The normalized spacial score (nSPS) is 11.2. The van der Waals surface area contributed by atoms with E-state index < -0.39 is 24.0 Å². The van der Waals surface area contributed by atoms with Crippen LogP contribution in [-0.4, -0.2) is 36.8 Å². The minimum absolute atomic E-state index is 0.0425. The summed E-state index contributed by atoms with van der Waals surface area (Å²) >= 11 is 0. The predicted octanol–water partition coefficient (Wildman–Crippen LogP) is 1.92. The molecule has 26 heavy (non-hydrogen) atoms. The van der Waals surface area contributed by atoms with Crippen LogP contribution in [0.1, 0.15) is 33.2 Å². The van der Waals surface area contributed by atoms with Crippen LogP contribution in [0.25, 0.3) is 0 Å². The van der Waals surface area contributed by atoms with Crippen molar-refractivity contribution in [2.75, 3.05) is 7.05 Å². The molecule has 1 atom stereocenters. The van der Waals surface area contributed by atoms with Crippen LogP contribution in [0, 0.1) is 0 Å². The van der Waals surface area contributed by atoms with Crippen LogP contribution in [0.4, 0.5) is 4.79 Å². The Labute approximate surface area is 150 Å². The standard InChI is InChI=1S/C19H18N2O5/c1-12(17(23)21-19(25)20-2)26-18(24)15-11-7-6-10-14(15)16(22)13-8-4-3-5-9-13/h3-12H,1-2H3,(H2,20,21,23,25). The second kappa shape index (κ2) is 8.57. The molecule has 0 aliphatic carbocycles. The van der Waals surface area contributed by atoms with Gasteiger partial charge >= 0.3 is 12.0 Å². The molecule has 1 unspecified atom stereocenters. The number of imide groups is 1. The fourth-order valence-corrected chi connectivity index (χ4v) is 2.16. The summed E-state index contributed by atoms with van der Waals surface area (Å²) < 4.78 is 5.09. The molecule has 0 radical (unpaired) electrons. The second-order valence-corrected chi connectivity index (χ2v) is 5.36. The molecule has 0 saturated heterocycles. The van der Waals surface area contributed by atoms with E-state index in [9.17, 15) is 19.2 Å². The highest BCUT2D eigenvalue weighted by atomic mass is 16.5. The molecule has 0 aliphatic heterocycles. The molecule has 2 N–H and O–H groups in total. The first-order chi connectivity index (χ1) is 12.4. The van der Waals surface area contributed by atoms with E-state index in [1.807, 2.05) is 5.32 Å². The van der Waals surface area contributed by atoms with E-state index in [1.54, 1.807) is 42.5 Å². The summed E-state index contributed by atoms with van der Waals surface area (Å²) in [7, 11) is 1.35. The van der Waals surface area contributed by atoms with Crippen LogP contribution in [-0.2, 0) is 9.53 Å². The Balaban J connectivity index is 2.19. The maximum absolute atomic E-state index is 12.6. The van der Waals surface area contributed by atoms with E-state index in [0.717, 1.165) is 0 Å². The van der Waals surface area contributed by atoms with Gasteiger partial charge in [0.1, 0.15) is 0 Å². The highest BCUT2D eigenvalue weighted by Crippen LogP contribution is 2.16. The molecule has 0 heterocycles. The lowest BCUT2D eigenvalue weighted by Gasteiger charge is -2.14. The number of ketones is 1. The molecule has 7 heteroatoms. The lowest BCUT2D eigenvalue weighted by molar-refractivity contribution is -0.127. The Bertz CT molecular complexity index is 833. The third-order valence-corrected chi connectivity index (χ3v) is 3.54. The van der Waals surface area contributed by atoms with Gasteiger partial charge in [-0.05, 0) is 13.0 Å². The van der Waals surface area contributed by atoms with Crippen molar-refractivity contribution in [2.24, 2.45) is 0 Å². The van der Waals surface area contributed by atoms with Crippen molar-refractivity contribution in [3.63, 3.8) is 0 Å². The maximum Gasteiger partial charge on any atom is 0.339 e. The zero-order valence-corrected chi connectivity index (χ0v) is 14.3. The number of amides is 3. The van der Waals surface area contributed by atoms with Gasteiger partial charge in [-0.15, -0.1) is 0 Å². The molecule has 0 aliphatic rings. The molecule has 0 fully saturated rings. The minimum atomic E-state index is -1.21. The van der Waals surface area contributed by atoms with Gasteiger partial charge in [0, 0.05) is 18.2 Å². The number of rotatable bonds is 5. The number of nitrogens with one attached hydrogen (secondary N) is 2. The highest BCUT2D eigenvalue weighted by Gasteiger charge is 2.24. The van der Waals surface area contributed by atoms with Crippen LogP contribution in [0.2, 0.25) is 0 Å². The molecule has 0 spiro atoms. The van der Waals surface area contributed by atoms with Crippen molar-refractivity contribution in [1.29, 1.82) is 0 Å². The lowest BCUT2D eigenvalue weighted by Crippen LogP contribution is -2.43. The van der Waals surface area contributed by atoms with Crippen molar-refractivity contribution >= 4 is 23.7 Å². The fraction of sp³-hybridized carbons (Fsp3) is 0.158. The fourth-order valence-electron chi connectivity index (χ4n) is 2.16. The van der Waals surface area contributed by atoms with Gasteiger partial charge < -0.3 is 10.1 Å². The number of benzene rings is 2. The summed E-state index contributed by atoms with van der Waals surface area (Å²) in [6.07, 6.45) is -1.21. The Morgan fingerprint density at radius 3 is 2.08 bits per heavy atom. The van der Waals surface area contributed by atoms with Crippen molar-refractivity contribution in [3.8, 4) is 0 Å². The van der Waals surface area contributed by atoms with Crippen molar-refractivity contribution in [2.45, 2.75) is 13.0 Å². The first-order valence-electron chi connectivity index (χ1n) is 7.86. The SMILES string of the molecule is CNC(=O)NC(=O)C(C)OC(=O)c1ccccc1C(=O)c1ccccc1. The number of hydrogen-bond donors (Lipinski definition) is 2. The topological polar surface area (TPSA) is 102 Å². The zero-order chi connectivity index (χ0) is 19.1. The number of esters is 1. The number of carbonyl (C=O) groups is 4. The van der Waals surface area contributed by atoms with Gasteiger partial charge in [0.15, 0.2) is 11.9 Å². The zero-order valence-electron chi connectivity index (χ0n) is 14.3. The number of hydrogen-bond acceptors (Lipinski definition) is 5.